The Labute approximate surface area is 180 Å². The predicted octanol–water partition coefficient (Wildman–Crippen LogP) is 3.49. The summed E-state index contributed by atoms with van der Waals surface area (Å²) < 4.78 is 5.43. The van der Waals surface area contributed by atoms with E-state index in [4.69, 9.17) is 4.74 Å². The van der Waals surface area contributed by atoms with Crippen LogP contribution in [0, 0.1) is 0 Å². The summed E-state index contributed by atoms with van der Waals surface area (Å²) in [6.07, 6.45) is 1.81. The van der Waals surface area contributed by atoms with E-state index in [0.717, 1.165) is 29.7 Å². The molecule has 0 bridgehead atoms. The first-order valence-corrected chi connectivity index (χ1v) is 10.4. The van der Waals surface area contributed by atoms with Crippen molar-refractivity contribution in [1.82, 2.24) is 9.97 Å². The van der Waals surface area contributed by atoms with Gasteiger partial charge in [-0.25, -0.2) is 9.78 Å². The number of hydrogen-bond acceptors (Lipinski definition) is 6. The Morgan fingerprint density at radius 3 is 2.61 bits per heavy atom. The summed E-state index contributed by atoms with van der Waals surface area (Å²) in [6.45, 7) is 5.24. The van der Waals surface area contributed by atoms with Crippen LogP contribution < -0.4 is 10.5 Å². The van der Waals surface area contributed by atoms with Gasteiger partial charge in [0.05, 0.1) is 22.5 Å². The topological polar surface area (TPSA) is 95.5 Å². The van der Waals surface area contributed by atoms with Gasteiger partial charge in [0.25, 0.3) is 5.56 Å². The molecule has 1 aromatic heterocycles. The van der Waals surface area contributed by atoms with Crippen LogP contribution in [0.2, 0.25) is 0 Å². The van der Waals surface area contributed by atoms with E-state index in [1.807, 2.05) is 52.1 Å². The van der Waals surface area contributed by atoms with Gasteiger partial charge in [0.15, 0.2) is 0 Å². The second-order valence-electron chi connectivity index (χ2n) is 8.95. The number of aliphatic hydroxyl groups excluding tert-OH is 1. The minimum atomic E-state index is -0.534. The van der Waals surface area contributed by atoms with E-state index in [0.29, 0.717) is 16.5 Å². The van der Waals surface area contributed by atoms with Gasteiger partial charge in [-0.3, -0.25) is 4.79 Å². The van der Waals surface area contributed by atoms with Crippen molar-refractivity contribution in [3.8, 4) is 0 Å². The number of hydrogen-bond donors (Lipinski definition) is 2. The van der Waals surface area contributed by atoms with Gasteiger partial charge >= 0.3 is 5.97 Å². The third kappa shape index (κ3) is 4.18. The number of esters is 1. The molecule has 4 rings (SSSR count). The molecule has 1 aliphatic carbocycles. The molecule has 0 spiro atoms. The second kappa shape index (κ2) is 7.81. The molecule has 162 valence electrons. The Balaban J connectivity index is 1.61. The predicted molar refractivity (Wildman–Crippen MR) is 119 cm³/mol. The van der Waals surface area contributed by atoms with Gasteiger partial charge in [-0.1, -0.05) is 0 Å². The quantitative estimate of drug-likeness (QED) is 0.626. The molecule has 3 aromatic rings. The van der Waals surface area contributed by atoms with Gasteiger partial charge in [0, 0.05) is 12.7 Å². The highest BCUT2D eigenvalue weighted by atomic mass is 16.6. The van der Waals surface area contributed by atoms with E-state index in [2.05, 4.69) is 14.9 Å². The minimum absolute atomic E-state index is 0.115. The summed E-state index contributed by atoms with van der Waals surface area (Å²) >= 11 is 0. The number of aromatic amines is 1. The highest BCUT2D eigenvalue weighted by molar-refractivity contribution is 5.90. The Kier molecular flexibility index (Phi) is 5.31. The van der Waals surface area contributed by atoms with Crippen LogP contribution in [0.5, 0.6) is 0 Å². The summed E-state index contributed by atoms with van der Waals surface area (Å²) in [5.74, 6) is -0.0671. The summed E-state index contributed by atoms with van der Waals surface area (Å²) in [6, 6.07) is 11.4. The molecular weight excluding hydrogens is 394 g/mol. The summed E-state index contributed by atoms with van der Waals surface area (Å²) in [7, 11) is 2.02. The van der Waals surface area contributed by atoms with Crippen LogP contribution in [0.25, 0.3) is 10.9 Å². The number of fused-ring (bicyclic) bond motifs is 2. The molecule has 7 nitrogen and oxygen atoms in total. The number of nitrogens with zero attached hydrogens (tertiary/aromatic N) is 2. The van der Waals surface area contributed by atoms with Crippen LogP contribution in [0.1, 0.15) is 60.5 Å². The first-order valence-electron chi connectivity index (χ1n) is 10.4. The Hall–Kier alpha value is -3.19. The number of aliphatic hydroxyl groups is 1. The van der Waals surface area contributed by atoms with Gasteiger partial charge < -0.3 is 19.7 Å². The fraction of sp³-hybridized carbons (Fsp3) is 0.375. The van der Waals surface area contributed by atoms with Gasteiger partial charge in [-0.05, 0) is 81.1 Å². The van der Waals surface area contributed by atoms with Crippen molar-refractivity contribution in [1.29, 1.82) is 0 Å². The number of benzene rings is 2. The number of aromatic nitrogens is 2. The van der Waals surface area contributed by atoms with Crippen molar-refractivity contribution in [2.45, 2.75) is 51.9 Å². The van der Waals surface area contributed by atoms with Crippen LogP contribution in [-0.2, 0) is 17.8 Å². The fourth-order valence-electron chi connectivity index (χ4n) is 4.10. The van der Waals surface area contributed by atoms with Crippen molar-refractivity contribution in [3.63, 3.8) is 0 Å². The SMILES string of the molecule is CN(c1ccc(C(=O)OC(C)(C)C)cc1)C1CCc2cc3nc(CO)[nH]c(=O)c3cc21. The van der Waals surface area contributed by atoms with Crippen LogP contribution in [0.4, 0.5) is 5.69 Å². The maximum atomic E-state index is 12.4. The zero-order valence-electron chi connectivity index (χ0n) is 18.2. The zero-order valence-corrected chi connectivity index (χ0v) is 18.2. The van der Waals surface area contributed by atoms with Gasteiger partial charge in [-0.2, -0.15) is 0 Å². The number of aryl methyl sites for hydroxylation is 1. The Morgan fingerprint density at radius 1 is 1.26 bits per heavy atom. The zero-order chi connectivity index (χ0) is 22.3. The molecule has 0 saturated heterocycles. The number of carbonyl (C=O) groups excluding carboxylic acids is 1. The fourth-order valence-corrected chi connectivity index (χ4v) is 4.10. The van der Waals surface area contributed by atoms with E-state index < -0.39 is 5.60 Å². The Bertz CT molecular complexity index is 1190. The monoisotopic (exact) mass is 421 g/mol. The number of rotatable bonds is 4. The van der Waals surface area contributed by atoms with E-state index in [9.17, 15) is 14.7 Å². The molecule has 2 aromatic carbocycles. The molecule has 7 heteroatoms. The van der Waals surface area contributed by atoms with E-state index in [1.165, 1.54) is 0 Å². The molecule has 1 atom stereocenters. The number of H-pyrrole nitrogens is 1. The van der Waals surface area contributed by atoms with Crippen LogP contribution in [-0.4, -0.2) is 33.7 Å². The maximum absolute atomic E-state index is 12.4. The molecule has 0 radical (unpaired) electrons. The van der Waals surface area contributed by atoms with Crippen LogP contribution in [0.15, 0.2) is 41.2 Å². The number of nitrogens with one attached hydrogen (secondary N) is 1. The van der Waals surface area contributed by atoms with Crippen LogP contribution >= 0.6 is 0 Å². The second-order valence-corrected chi connectivity index (χ2v) is 8.95. The summed E-state index contributed by atoms with van der Waals surface area (Å²) in [5, 5.41) is 9.82. The maximum Gasteiger partial charge on any atom is 0.338 e. The molecular formula is C24H27N3O4. The number of ether oxygens (including phenoxy) is 1. The average molecular weight is 421 g/mol. The van der Waals surface area contributed by atoms with Crippen molar-refractivity contribution in [2.24, 2.45) is 0 Å². The van der Waals surface area contributed by atoms with E-state index in [-0.39, 0.29) is 30.0 Å². The number of anilines is 1. The molecule has 1 aliphatic rings. The van der Waals surface area contributed by atoms with Crippen molar-refractivity contribution in [2.75, 3.05) is 11.9 Å². The lowest BCUT2D eigenvalue weighted by Gasteiger charge is -2.28. The highest BCUT2D eigenvalue weighted by Gasteiger charge is 2.28. The average Bonchev–Trinajstić information content (AvgIpc) is 3.13. The molecule has 1 heterocycles. The molecule has 1 unspecified atom stereocenters. The lowest BCUT2D eigenvalue weighted by Crippen LogP contribution is -2.24. The molecule has 31 heavy (non-hydrogen) atoms. The van der Waals surface area contributed by atoms with Crippen molar-refractivity contribution < 1.29 is 14.6 Å². The van der Waals surface area contributed by atoms with Crippen molar-refractivity contribution in [3.05, 3.63) is 69.3 Å². The number of carbonyl (C=O) groups is 1. The molecule has 0 fully saturated rings. The van der Waals surface area contributed by atoms with Gasteiger partial charge in [0.2, 0.25) is 0 Å². The lowest BCUT2D eigenvalue weighted by molar-refractivity contribution is 0.00695. The molecule has 2 N–H and O–H groups in total. The standard InChI is InChI=1S/C24H27N3O4/c1-24(2,3)31-23(30)14-5-8-16(9-6-14)27(4)20-10-7-15-11-19-18(12-17(15)20)22(29)26-21(13-28)25-19/h5-6,8-9,11-12,20,28H,7,10,13H2,1-4H3,(H,25,26,29). The molecule has 0 saturated carbocycles. The normalized spacial score (nSPS) is 15.7. The highest BCUT2D eigenvalue weighted by Crippen LogP contribution is 2.38. The van der Waals surface area contributed by atoms with Gasteiger partial charge in [-0.15, -0.1) is 0 Å². The van der Waals surface area contributed by atoms with Gasteiger partial charge in [0.1, 0.15) is 18.0 Å². The first kappa shape index (κ1) is 21.1. The summed E-state index contributed by atoms with van der Waals surface area (Å²) in [4.78, 5) is 33.9. The smallest absolute Gasteiger partial charge is 0.338 e. The Morgan fingerprint density at radius 2 is 1.97 bits per heavy atom. The largest absolute Gasteiger partial charge is 0.456 e. The third-order valence-electron chi connectivity index (χ3n) is 5.59. The molecule has 0 amide bonds. The van der Waals surface area contributed by atoms with E-state index in [1.54, 1.807) is 12.1 Å². The minimum Gasteiger partial charge on any atom is -0.456 e. The molecule has 0 aliphatic heterocycles. The third-order valence-corrected chi connectivity index (χ3v) is 5.59. The van der Waals surface area contributed by atoms with Crippen molar-refractivity contribution >= 4 is 22.6 Å². The lowest BCUT2D eigenvalue weighted by atomic mass is 10.0. The van der Waals surface area contributed by atoms with Crippen LogP contribution in [0.3, 0.4) is 0 Å². The summed E-state index contributed by atoms with van der Waals surface area (Å²) in [5.41, 5.74) is 3.60. The first-order chi connectivity index (χ1) is 14.7. The van der Waals surface area contributed by atoms with E-state index >= 15 is 0 Å².